The molecule has 1 fully saturated rings. The number of nitrogens with zero attached hydrogens (tertiary/aromatic N) is 1. The zero-order valence-electron chi connectivity index (χ0n) is 19.4. The predicted octanol–water partition coefficient (Wildman–Crippen LogP) is 4.91. The van der Waals surface area contributed by atoms with Gasteiger partial charge in [0, 0.05) is 47.6 Å². The highest BCUT2D eigenvalue weighted by Crippen LogP contribution is 2.48. The standard InChI is InChI=1S/C26H30N6OS.ClH/c27-12-15-32-13-10-19(11-14-32)28-22-16-18(26(33)31-30-20-6-2-1-3-7-20)17-24-25(22)29-21-8-4-5-9-23(21)34-24;/h1-9,16-17,19,28-30H,10-15,27H2,(H,31,33);1H. The Kier molecular flexibility index (Phi) is 8.41. The maximum Gasteiger partial charge on any atom is 0.269 e. The number of likely N-dealkylation sites (tertiary alicyclic amines) is 1. The van der Waals surface area contributed by atoms with Crippen molar-refractivity contribution in [3.63, 3.8) is 0 Å². The van der Waals surface area contributed by atoms with Gasteiger partial charge < -0.3 is 21.3 Å². The number of amides is 1. The number of hydrogen-bond donors (Lipinski definition) is 5. The molecule has 0 unspecified atom stereocenters. The number of hydrogen-bond acceptors (Lipinski definition) is 7. The molecule has 9 heteroatoms. The maximum atomic E-state index is 13.1. The lowest BCUT2D eigenvalue weighted by Gasteiger charge is -2.33. The SMILES string of the molecule is Cl.NCCN1CCC(Nc2cc(C(=O)NNc3ccccc3)cc3c2Nc2ccccc2S3)CC1. The van der Waals surface area contributed by atoms with Crippen LogP contribution in [0, 0.1) is 0 Å². The minimum atomic E-state index is -0.174. The number of halogens is 1. The summed E-state index contributed by atoms with van der Waals surface area (Å²) in [5.41, 5.74) is 16.1. The average Bonchev–Trinajstić information content (AvgIpc) is 2.88. The number of anilines is 4. The molecule has 3 aromatic carbocycles. The Morgan fingerprint density at radius 1 is 1.03 bits per heavy atom. The topological polar surface area (TPSA) is 94.5 Å². The highest BCUT2D eigenvalue weighted by atomic mass is 35.5. The normalized spacial score (nSPS) is 15.1. The monoisotopic (exact) mass is 510 g/mol. The van der Waals surface area contributed by atoms with Crippen molar-refractivity contribution >= 4 is 52.8 Å². The number of para-hydroxylation sites is 2. The van der Waals surface area contributed by atoms with Crippen LogP contribution in [0.3, 0.4) is 0 Å². The van der Waals surface area contributed by atoms with Crippen molar-refractivity contribution in [2.75, 3.05) is 42.2 Å². The van der Waals surface area contributed by atoms with E-state index in [1.807, 2.05) is 54.6 Å². The third-order valence-electron chi connectivity index (χ3n) is 6.22. The van der Waals surface area contributed by atoms with E-state index in [2.05, 4.69) is 38.5 Å². The Morgan fingerprint density at radius 2 is 1.77 bits per heavy atom. The quantitative estimate of drug-likeness (QED) is 0.225. The van der Waals surface area contributed by atoms with E-state index in [4.69, 9.17) is 5.73 Å². The number of fused-ring (bicyclic) bond motifs is 2. The summed E-state index contributed by atoms with van der Waals surface area (Å²) < 4.78 is 0. The van der Waals surface area contributed by atoms with Gasteiger partial charge in [0.05, 0.1) is 22.7 Å². The van der Waals surface area contributed by atoms with Crippen LogP contribution in [0.1, 0.15) is 23.2 Å². The highest BCUT2D eigenvalue weighted by Gasteiger charge is 2.24. The average molecular weight is 511 g/mol. The molecular weight excluding hydrogens is 480 g/mol. The van der Waals surface area contributed by atoms with Gasteiger partial charge >= 0.3 is 0 Å². The van der Waals surface area contributed by atoms with Crippen molar-refractivity contribution in [2.45, 2.75) is 28.7 Å². The van der Waals surface area contributed by atoms with Crippen LogP contribution in [0.5, 0.6) is 0 Å². The summed E-state index contributed by atoms with van der Waals surface area (Å²) in [6.45, 7) is 3.70. The second-order valence-corrected chi connectivity index (χ2v) is 9.70. The molecule has 0 bridgehead atoms. The lowest BCUT2D eigenvalue weighted by Crippen LogP contribution is -2.41. The summed E-state index contributed by atoms with van der Waals surface area (Å²) in [4.78, 5) is 17.7. The van der Waals surface area contributed by atoms with E-state index in [0.29, 0.717) is 18.2 Å². The Labute approximate surface area is 216 Å². The van der Waals surface area contributed by atoms with Crippen molar-refractivity contribution in [2.24, 2.45) is 5.73 Å². The van der Waals surface area contributed by atoms with E-state index in [0.717, 1.165) is 65.0 Å². The second-order valence-electron chi connectivity index (χ2n) is 8.61. The molecule has 2 heterocycles. The number of nitrogens with two attached hydrogens (primary N) is 1. The van der Waals surface area contributed by atoms with Crippen LogP contribution >= 0.6 is 24.2 Å². The molecule has 0 spiro atoms. The molecule has 0 aliphatic carbocycles. The van der Waals surface area contributed by atoms with E-state index in [-0.39, 0.29) is 18.3 Å². The molecule has 7 nitrogen and oxygen atoms in total. The van der Waals surface area contributed by atoms with Gasteiger partial charge in [-0.3, -0.25) is 15.6 Å². The lowest BCUT2D eigenvalue weighted by molar-refractivity contribution is 0.0962. The van der Waals surface area contributed by atoms with Crippen LogP contribution in [0.2, 0.25) is 0 Å². The Hall–Kier alpha value is -2.91. The summed E-state index contributed by atoms with van der Waals surface area (Å²) in [5.74, 6) is -0.174. The van der Waals surface area contributed by atoms with Crippen LogP contribution in [0.15, 0.2) is 76.5 Å². The zero-order chi connectivity index (χ0) is 23.3. The highest BCUT2D eigenvalue weighted by molar-refractivity contribution is 7.99. The van der Waals surface area contributed by atoms with Gasteiger partial charge in [-0.05, 0) is 49.2 Å². The van der Waals surface area contributed by atoms with E-state index in [1.54, 1.807) is 11.8 Å². The predicted molar refractivity (Wildman–Crippen MR) is 147 cm³/mol. The number of rotatable bonds is 7. The van der Waals surface area contributed by atoms with E-state index in [9.17, 15) is 4.79 Å². The molecule has 6 N–H and O–H groups in total. The third-order valence-corrected chi connectivity index (χ3v) is 7.34. The number of hydrazine groups is 1. The van der Waals surface area contributed by atoms with Gasteiger partial charge in [0.15, 0.2) is 0 Å². The molecule has 0 aromatic heterocycles. The van der Waals surface area contributed by atoms with Crippen molar-refractivity contribution in [3.8, 4) is 0 Å². The molecule has 35 heavy (non-hydrogen) atoms. The van der Waals surface area contributed by atoms with Crippen molar-refractivity contribution in [3.05, 3.63) is 72.3 Å². The van der Waals surface area contributed by atoms with Gasteiger partial charge in [-0.1, -0.05) is 42.1 Å². The zero-order valence-corrected chi connectivity index (χ0v) is 21.1. The van der Waals surface area contributed by atoms with Gasteiger partial charge in [-0.25, -0.2) is 0 Å². The fraction of sp³-hybridized carbons (Fsp3) is 0.269. The number of benzene rings is 3. The van der Waals surface area contributed by atoms with Crippen molar-refractivity contribution in [1.29, 1.82) is 0 Å². The lowest BCUT2D eigenvalue weighted by atomic mass is 10.0. The number of carbonyl (C=O) groups excluding carboxylic acids is 1. The first kappa shape index (κ1) is 25.2. The van der Waals surface area contributed by atoms with E-state index < -0.39 is 0 Å². The molecule has 3 aromatic rings. The summed E-state index contributed by atoms with van der Waals surface area (Å²) in [7, 11) is 0. The molecule has 1 saturated heterocycles. The summed E-state index contributed by atoms with van der Waals surface area (Å²) in [6, 6.07) is 22.1. The molecule has 184 valence electrons. The molecule has 2 aliphatic heterocycles. The largest absolute Gasteiger partial charge is 0.380 e. The first-order valence-corrected chi connectivity index (χ1v) is 12.5. The van der Waals surface area contributed by atoms with Crippen LogP contribution in [0.4, 0.5) is 22.7 Å². The molecule has 2 aliphatic rings. The smallest absolute Gasteiger partial charge is 0.269 e. The van der Waals surface area contributed by atoms with Gasteiger partial charge in [0.2, 0.25) is 0 Å². The number of carbonyl (C=O) groups is 1. The van der Waals surface area contributed by atoms with Gasteiger partial charge in [0.25, 0.3) is 5.91 Å². The molecular formula is C26H31ClN6OS. The first-order chi connectivity index (χ1) is 16.7. The van der Waals surface area contributed by atoms with Crippen molar-refractivity contribution in [1.82, 2.24) is 10.3 Å². The van der Waals surface area contributed by atoms with E-state index in [1.165, 1.54) is 0 Å². The molecule has 5 rings (SSSR count). The summed E-state index contributed by atoms with van der Waals surface area (Å²) in [5, 5.41) is 7.33. The fourth-order valence-corrected chi connectivity index (χ4v) is 5.47. The van der Waals surface area contributed by atoms with Gasteiger partial charge in [0.1, 0.15) is 0 Å². The summed E-state index contributed by atoms with van der Waals surface area (Å²) >= 11 is 1.69. The Morgan fingerprint density at radius 3 is 2.54 bits per heavy atom. The minimum absolute atomic E-state index is 0. The van der Waals surface area contributed by atoms with Crippen molar-refractivity contribution < 1.29 is 4.79 Å². The van der Waals surface area contributed by atoms with Gasteiger partial charge in [-0.2, -0.15) is 0 Å². The molecule has 0 radical (unpaired) electrons. The second kappa shape index (κ2) is 11.7. The minimum Gasteiger partial charge on any atom is -0.380 e. The molecule has 1 amide bonds. The van der Waals surface area contributed by atoms with Crippen LogP contribution in [-0.4, -0.2) is 43.0 Å². The number of nitrogens with one attached hydrogen (secondary N) is 4. The number of piperidine rings is 1. The first-order valence-electron chi connectivity index (χ1n) is 11.7. The van der Waals surface area contributed by atoms with Crippen LogP contribution in [-0.2, 0) is 0 Å². The van der Waals surface area contributed by atoms with Crippen LogP contribution < -0.4 is 27.2 Å². The maximum absolute atomic E-state index is 13.1. The Balaban J connectivity index is 0.00000289. The fourth-order valence-electron chi connectivity index (χ4n) is 4.41. The molecule has 0 saturated carbocycles. The van der Waals surface area contributed by atoms with E-state index >= 15 is 0 Å². The van der Waals surface area contributed by atoms with Crippen LogP contribution in [0.25, 0.3) is 0 Å². The third kappa shape index (κ3) is 6.02. The van der Waals surface area contributed by atoms with Gasteiger partial charge in [-0.15, -0.1) is 12.4 Å². The summed E-state index contributed by atoms with van der Waals surface area (Å²) in [6.07, 6.45) is 2.09. The Bertz CT molecular complexity index is 1150. The molecule has 0 atom stereocenters.